The van der Waals surface area contributed by atoms with Gasteiger partial charge in [0.25, 0.3) is 0 Å². The SMILES string of the molecule is O=C1C[C@H](COc2ccccc2)N1CCCc1cc[c-]s1.[Y]. The minimum atomic E-state index is 0. The third-order valence-corrected chi connectivity index (χ3v) is 4.56. The van der Waals surface area contributed by atoms with Crippen LogP contribution >= 0.6 is 11.3 Å². The Morgan fingerprint density at radius 3 is 2.77 bits per heavy atom. The van der Waals surface area contributed by atoms with Crippen LogP contribution in [-0.2, 0) is 43.9 Å². The van der Waals surface area contributed by atoms with Crippen LogP contribution in [-0.4, -0.2) is 30.0 Å². The normalized spacial score (nSPS) is 16.8. The molecule has 1 aromatic carbocycles. The van der Waals surface area contributed by atoms with Crippen LogP contribution < -0.4 is 4.74 Å². The molecule has 3 nitrogen and oxygen atoms in total. The van der Waals surface area contributed by atoms with Crippen molar-refractivity contribution < 1.29 is 42.2 Å². The van der Waals surface area contributed by atoms with Gasteiger partial charge in [0.05, 0.1) is 12.5 Å². The van der Waals surface area contributed by atoms with Crippen molar-refractivity contribution >= 4 is 17.2 Å². The third kappa shape index (κ3) is 4.64. The number of carbonyl (C=O) groups is 1. The van der Waals surface area contributed by atoms with Gasteiger partial charge in [0, 0.05) is 39.3 Å². The summed E-state index contributed by atoms with van der Waals surface area (Å²) >= 11 is 1.66. The van der Waals surface area contributed by atoms with Gasteiger partial charge in [-0.1, -0.05) is 24.6 Å². The zero-order chi connectivity index (χ0) is 14.5. The number of hydrogen-bond donors (Lipinski definition) is 0. The monoisotopic (exact) mass is 389 g/mol. The maximum Gasteiger partial charge on any atom is 0.225 e. The van der Waals surface area contributed by atoms with Crippen molar-refractivity contribution in [1.82, 2.24) is 4.90 Å². The van der Waals surface area contributed by atoms with E-state index >= 15 is 0 Å². The van der Waals surface area contributed by atoms with Crippen LogP contribution in [0.5, 0.6) is 5.75 Å². The Labute approximate surface area is 160 Å². The molecule has 1 radical (unpaired) electrons. The van der Waals surface area contributed by atoms with E-state index in [1.807, 2.05) is 41.3 Å². The number of aryl methyl sites for hydroxylation is 1. The molecule has 113 valence electrons. The van der Waals surface area contributed by atoms with Gasteiger partial charge in [-0.05, 0) is 18.6 Å². The van der Waals surface area contributed by atoms with Crippen molar-refractivity contribution in [3.05, 3.63) is 52.7 Å². The van der Waals surface area contributed by atoms with Gasteiger partial charge in [-0.2, -0.15) is 6.07 Å². The van der Waals surface area contributed by atoms with Gasteiger partial charge >= 0.3 is 0 Å². The number of hydrogen-bond acceptors (Lipinski definition) is 3. The molecule has 3 rings (SSSR count). The van der Waals surface area contributed by atoms with E-state index in [2.05, 4.69) is 11.4 Å². The van der Waals surface area contributed by atoms with Crippen molar-refractivity contribution in [2.45, 2.75) is 25.3 Å². The molecule has 1 saturated heterocycles. The van der Waals surface area contributed by atoms with Crippen molar-refractivity contribution in [3.8, 4) is 5.75 Å². The number of amides is 1. The molecule has 0 bridgehead atoms. The number of para-hydroxylation sites is 1. The second kappa shape index (κ2) is 8.80. The first-order valence-corrected chi connectivity index (χ1v) is 8.06. The summed E-state index contributed by atoms with van der Waals surface area (Å²) in [5.41, 5.74) is 0. The Hall–Kier alpha value is -0.706. The Balaban J connectivity index is 0.00000176. The number of rotatable bonds is 7. The molecule has 1 fully saturated rings. The first-order chi connectivity index (χ1) is 10.3. The molecule has 1 aliphatic heterocycles. The van der Waals surface area contributed by atoms with E-state index < -0.39 is 0 Å². The summed E-state index contributed by atoms with van der Waals surface area (Å²) in [5.74, 6) is 1.11. The van der Waals surface area contributed by atoms with E-state index in [0.717, 1.165) is 25.1 Å². The molecule has 1 atom stereocenters. The quantitative estimate of drug-likeness (QED) is 0.538. The van der Waals surface area contributed by atoms with Gasteiger partial charge < -0.3 is 21.0 Å². The number of β-lactam (4-membered cyclic amide) rings is 1. The minimum Gasteiger partial charge on any atom is -0.491 e. The number of likely N-dealkylation sites (tertiary alicyclic amines) is 1. The summed E-state index contributed by atoms with van der Waals surface area (Å²) < 4.78 is 5.74. The van der Waals surface area contributed by atoms with E-state index in [1.165, 1.54) is 4.88 Å². The standard InChI is InChI=1S/C17H18NO2S.Y/c19-17-12-14(13-20-15-6-2-1-3-7-15)18(17)10-4-8-16-9-5-11-21-16;/h1-3,5-7,9,14H,4,8,10,12-13H2;/q-1;/t14-;/m1./s1. The molecule has 1 aromatic heterocycles. The summed E-state index contributed by atoms with van der Waals surface area (Å²) in [4.78, 5) is 15.0. The van der Waals surface area contributed by atoms with Gasteiger partial charge in [0.15, 0.2) is 0 Å². The molecule has 0 saturated carbocycles. The van der Waals surface area contributed by atoms with E-state index in [9.17, 15) is 4.79 Å². The molecule has 0 aliphatic carbocycles. The zero-order valence-corrected chi connectivity index (χ0v) is 16.1. The maximum atomic E-state index is 11.7. The van der Waals surface area contributed by atoms with Gasteiger partial charge in [0.1, 0.15) is 12.4 Å². The molecule has 5 heteroatoms. The zero-order valence-electron chi connectivity index (χ0n) is 12.4. The number of nitrogens with zero attached hydrogens (tertiary/aromatic N) is 1. The third-order valence-electron chi connectivity index (χ3n) is 3.71. The molecular weight excluding hydrogens is 371 g/mol. The topological polar surface area (TPSA) is 29.5 Å². The van der Waals surface area contributed by atoms with E-state index in [-0.39, 0.29) is 44.7 Å². The van der Waals surface area contributed by atoms with Gasteiger partial charge in [-0.15, -0.1) is 10.3 Å². The van der Waals surface area contributed by atoms with Crippen molar-refractivity contribution in [1.29, 1.82) is 0 Å². The summed E-state index contributed by atoms with van der Waals surface area (Å²) in [6.45, 7) is 1.40. The Morgan fingerprint density at radius 1 is 1.27 bits per heavy atom. The fraction of sp³-hybridized carbons (Fsp3) is 0.353. The Kier molecular flexibility index (Phi) is 7.06. The van der Waals surface area contributed by atoms with Crippen molar-refractivity contribution in [3.63, 3.8) is 0 Å². The summed E-state index contributed by atoms with van der Waals surface area (Å²) in [6.07, 6.45) is 2.63. The van der Waals surface area contributed by atoms with Gasteiger partial charge in [0.2, 0.25) is 5.91 Å². The van der Waals surface area contributed by atoms with Crippen LogP contribution in [0.1, 0.15) is 17.7 Å². The molecule has 2 heterocycles. The predicted molar refractivity (Wildman–Crippen MR) is 83.5 cm³/mol. The predicted octanol–water partition coefficient (Wildman–Crippen LogP) is 3.16. The van der Waals surface area contributed by atoms with Crippen molar-refractivity contribution in [2.24, 2.45) is 0 Å². The van der Waals surface area contributed by atoms with Crippen LogP contribution in [0.15, 0.2) is 42.5 Å². The second-order valence-electron chi connectivity index (χ2n) is 5.19. The molecular formula is C17H18NO2SY-. The Bertz CT molecular complexity index is 574. The first-order valence-electron chi connectivity index (χ1n) is 7.25. The number of carbonyl (C=O) groups excluding carboxylic acids is 1. The number of ether oxygens (including phenoxy) is 1. The minimum absolute atomic E-state index is 0. The molecule has 22 heavy (non-hydrogen) atoms. The molecule has 2 aromatic rings. The smallest absolute Gasteiger partial charge is 0.225 e. The van der Waals surface area contributed by atoms with Gasteiger partial charge in [-0.3, -0.25) is 4.79 Å². The van der Waals surface area contributed by atoms with E-state index in [0.29, 0.717) is 13.0 Å². The average Bonchev–Trinajstić information content (AvgIpc) is 3.02. The summed E-state index contributed by atoms with van der Waals surface area (Å²) in [7, 11) is 0. The number of thiophene rings is 1. The van der Waals surface area contributed by atoms with E-state index in [4.69, 9.17) is 4.74 Å². The van der Waals surface area contributed by atoms with Crippen LogP contribution in [0.2, 0.25) is 0 Å². The number of benzene rings is 1. The molecule has 0 unspecified atom stereocenters. The molecule has 0 spiro atoms. The van der Waals surface area contributed by atoms with Crippen LogP contribution in [0.25, 0.3) is 0 Å². The van der Waals surface area contributed by atoms with Crippen LogP contribution in [0.4, 0.5) is 0 Å². The fourth-order valence-electron chi connectivity index (χ4n) is 2.51. The van der Waals surface area contributed by atoms with E-state index in [1.54, 1.807) is 11.3 Å². The Morgan fingerprint density at radius 2 is 2.09 bits per heavy atom. The molecule has 1 amide bonds. The molecule has 1 aliphatic rings. The van der Waals surface area contributed by atoms with Crippen LogP contribution in [0, 0.1) is 5.38 Å². The molecule has 0 N–H and O–H groups in total. The van der Waals surface area contributed by atoms with Crippen molar-refractivity contribution in [2.75, 3.05) is 13.2 Å². The maximum absolute atomic E-state index is 11.7. The van der Waals surface area contributed by atoms with Gasteiger partial charge in [-0.25, -0.2) is 6.07 Å². The second-order valence-corrected chi connectivity index (χ2v) is 6.16. The van der Waals surface area contributed by atoms with Crippen LogP contribution in [0.3, 0.4) is 0 Å². The summed E-state index contributed by atoms with van der Waals surface area (Å²) in [5, 5.41) is 3.09. The average molecular weight is 389 g/mol. The largest absolute Gasteiger partial charge is 0.491 e. The summed E-state index contributed by atoms with van der Waals surface area (Å²) in [6, 6.07) is 14.0. The fourth-order valence-corrected chi connectivity index (χ4v) is 3.18. The first kappa shape index (κ1) is 17.6.